The number of nitrogens with one attached hydrogen (secondary N) is 1. The van der Waals surface area contributed by atoms with Gasteiger partial charge in [-0.05, 0) is 36.8 Å². The number of nitrogens with two attached hydrogens (primary N) is 2. The maximum absolute atomic E-state index is 11.1. The number of ether oxygens (including phenoxy) is 1. The Morgan fingerprint density at radius 3 is 2.50 bits per heavy atom. The van der Waals surface area contributed by atoms with Crippen LogP contribution < -0.4 is 21.5 Å². The number of benzene rings is 1. The van der Waals surface area contributed by atoms with Crippen LogP contribution in [0.15, 0.2) is 12.1 Å². The van der Waals surface area contributed by atoms with Gasteiger partial charge in [0.25, 0.3) is 0 Å². The molecule has 86 valence electrons. The number of aryl methyl sites for hydroxylation is 1. The first kappa shape index (κ1) is 12.3. The molecule has 0 radical (unpaired) electrons. The van der Waals surface area contributed by atoms with Gasteiger partial charge in [0.15, 0.2) is 5.11 Å². The second-order valence-corrected chi connectivity index (χ2v) is 3.66. The fraction of sp³-hybridized carbons (Fsp3) is 0.200. The number of amides is 1. The summed E-state index contributed by atoms with van der Waals surface area (Å²) >= 11 is 4.72. The maximum atomic E-state index is 11.1. The zero-order chi connectivity index (χ0) is 12.3. The SMILES string of the molecule is COc1cc(C)c(C(N)=O)cc1NC(N)=S. The van der Waals surface area contributed by atoms with E-state index in [4.69, 9.17) is 28.4 Å². The van der Waals surface area contributed by atoms with Gasteiger partial charge in [0, 0.05) is 5.56 Å². The molecule has 0 aromatic heterocycles. The van der Waals surface area contributed by atoms with Gasteiger partial charge in [-0.1, -0.05) is 0 Å². The normalized spacial score (nSPS) is 9.62. The van der Waals surface area contributed by atoms with Gasteiger partial charge in [0.05, 0.1) is 12.8 Å². The second kappa shape index (κ2) is 4.80. The van der Waals surface area contributed by atoms with Gasteiger partial charge >= 0.3 is 0 Å². The summed E-state index contributed by atoms with van der Waals surface area (Å²) in [5.41, 5.74) is 12.3. The molecule has 5 N–H and O–H groups in total. The van der Waals surface area contributed by atoms with Crippen LogP contribution in [0, 0.1) is 6.92 Å². The predicted molar refractivity (Wildman–Crippen MR) is 66.7 cm³/mol. The molecule has 0 atom stereocenters. The fourth-order valence-electron chi connectivity index (χ4n) is 1.35. The average molecular weight is 239 g/mol. The summed E-state index contributed by atoms with van der Waals surface area (Å²) in [4.78, 5) is 11.1. The molecule has 0 spiro atoms. The smallest absolute Gasteiger partial charge is 0.249 e. The molecule has 16 heavy (non-hydrogen) atoms. The first-order valence-electron chi connectivity index (χ1n) is 4.50. The highest BCUT2D eigenvalue weighted by molar-refractivity contribution is 7.80. The summed E-state index contributed by atoms with van der Waals surface area (Å²) in [6, 6.07) is 3.26. The van der Waals surface area contributed by atoms with E-state index < -0.39 is 5.91 Å². The highest BCUT2D eigenvalue weighted by atomic mass is 32.1. The van der Waals surface area contributed by atoms with Gasteiger partial charge in [0.1, 0.15) is 5.75 Å². The van der Waals surface area contributed by atoms with Gasteiger partial charge in [0.2, 0.25) is 5.91 Å². The van der Waals surface area contributed by atoms with Gasteiger partial charge in [-0.25, -0.2) is 0 Å². The van der Waals surface area contributed by atoms with Crippen molar-refractivity contribution in [3.8, 4) is 5.75 Å². The van der Waals surface area contributed by atoms with Crippen molar-refractivity contribution in [3.63, 3.8) is 0 Å². The number of anilines is 1. The van der Waals surface area contributed by atoms with Crippen molar-refractivity contribution in [1.82, 2.24) is 0 Å². The lowest BCUT2D eigenvalue weighted by Crippen LogP contribution is -2.20. The summed E-state index contributed by atoms with van der Waals surface area (Å²) in [6.07, 6.45) is 0. The third kappa shape index (κ3) is 2.60. The maximum Gasteiger partial charge on any atom is 0.249 e. The molecule has 1 aromatic rings. The molecule has 0 aliphatic rings. The van der Waals surface area contributed by atoms with E-state index in [1.807, 2.05) is 0 Å². The summed E-state index contributed by atoms with van der Waals surface area (Å²) in [6.45, 7) is 1.77. The van der Waals surface area contributed by atoms with Gasteiger partial charge < -0.3 is 21.5 Å². The molecule has 0 unspecified atom stereocenters. The third-order valence-corrected chi connectivity index (χ3v) is 2.17. The molecule has 0 aliphatic carbocycles. The van der Waals surface area contributed by atoms with Crippen molar-refractivity contribution in [2.75, 3.05) is 12.4 Å². The number of thiocarbonyl (C=S) groups is 1. The van der Waals surface area contributed by atoms with Crippen LogP contribution >= 0.6 is 12.2 Å². The highest BCUT2D eigenvalue weighted by Crippen LogP contribution is 2.27. The number of rotatable bonds is 3. The second-order valence-electron chi connectivity index (χ2n) is 3.22. The molecule has 1 rings (SSSR count). The standard InChI is InChI=1S/C10H13N3O2S/c1-5-3-8(15-2)7(13-10(12)16)4-6(5)9(11)14/h3-4H,1-2H3,(H2,11,14)(H3,12,13,16). The summed E-state index contributed by atoms with van der Waals surface area (Å²) in [5.74, 6) is 0.0430. The van der Waals surface area contributed by atoms with Crippen molar-refractivity contribution < 1.29 is 9.53 Å². The topological polar surface area (TPSA) is 90.4 Å². The quantitative estimate of drug-likeness (QED) is 0.677. The summed E-state index contributed by atoms with van der Waals surface area (Å²) in [7, 11) is 1.52. The van der Waals surface area contributed by atoms with Crippen LogP contribution in [0.5, 0.6) is 5.75 Å². The molecule has 0 bridgehead atoms. The van der Waals surface area contributed by atoms with Crippen LogP contribution in [0.3, 0.4) is 0 Å². The lowest BCUT2D eigenvalue weighted by molar-refractivity contribution is 0.0999. The Morgan fingerprint density at radius 2 is 2.06 bits per heavy atom. The first-order valence-corrected chi connectivity index (χ1v) is 4.91. The Hall–Kier alpha value is -1.82. The number of methoxy groups -OCH3 is 1. The average Bonchev–Trinajstić information content (AvgIpc) is 2.18. The Kier molecular flexibility index (Phi) is 3.68. The minimum Gasteiger partial charge on any atom is -0.495 e. The number of hydrogen-bond donors (Lipinski definition) is 3. The molecular formula is C10H13N3O2S. The van der Waals surface area contributed by atoms with E-state index in [1.54, 1.807) is 19.1 Å². The lowest BCUT2D eigenvalue weighted by atomic mass is 10.1. The minimum atomic E-state index is -0.508. The molecule has 0 fully saturated rings. The molecule has 6 heteroatoms. The van der Waals surface area contributed by atoms with Crippen LogP contribution in [0.25, 0.3) is 0 Å². The molecule has 0 heterocycles. The van der Waals surface area contributed by atoms with Crippen LogP contribution in [0.1, 0.15) is 15.9 Å². The van der Waals surface area contributed by atoms with Crippen molar-refractivity contribution in [2.45, 2.75) is 6.92 Å². The van der Waals surface area contributed by atoms with Crippen molar-refractivity contribution in [2.24, 2.45) is 11.5 Å². The molecule has 1 aromatic carbocycles. The van der Waals surface area contributed by atoms with E-state index in [0.29, 0.717) is 17.0 Å². The van der Waals surface area contributed by atoms with Crippen LogP contribution in [-0.2, 0) is 0 Å². The van der Waals surface area contributed by atoms with Gasteiger partial charge in [-0.2, -0.15) is 0 Å². The van der Waals surface area contributed by atoms with E-state index in [2.05, 4.69) is 5.32 Å². The third-order valence-electron chi connectivity index (χ3n) is 2.07. The van der Waals surface area contributed by atoms with Crippen LogP contribution in [-0.4, -0.2) is 18.1 Å². The molecule has 0 saturated carbocycles. The Balaban J connectivity index is 3.28. The minimum absolute atomic E-state index is 0.0950. The first-order chi connectivity index (χ1) is 7.45. The lowest BCUT2D eigenvalue weighted by Gasteiger charge is -2.12. The fourth-order valence-corrected chi connectivity index (χ4v) is 1.46. The number of primary amides is 1. The molecule has 0 aliphatic heterocycles. The molecular weight excluding hydrogens is 226 g/mol. The Bertz CT molecular complexity index is 446. The number of hydrogen-bond acceptors (Lipinski definition) is 3. The van der Waals surface area contributed by atoms with E-state index in [9.17, 15) is 4.79 Å². The number of carbonyl (C=O) groups is 1. The zero-order valence-corrected chi connectivity index (χ0v) is 9.85. The molecule has 1 amide bonds. The van der Waals surface area contributed by atoms with Crippen molar-refractivity contribution >= 4 is 28.9 Å². The molecule has 5 nitrogen and oxygen atoms in total. The van der Waals surface area contributed by atoms with Gasteiger partial charge in [-0.3, -0.25) is 4.79 Å². The van der Waals surface area contributed by atoms with Crippen molar-refractivity contribution in [1.29, 1.82) is 0 Å². The Morgan fingerprint density at radius 1 is 1.44 bits per heavy atom. The number of carbonyl (C=O) groups excluding carboxylic acids is 1. The predicted octanol–water partition coefficient (Wildman–Crippen LogP) is 0.758. The summed E-state index contributed by atoms with van der Waals surface area (Å²) in [5, 5.41) is 2.82. The van der Waals surface area contributed by atoms with Crippen LogP contribution in [0.2, 0.25) is 0 Å². The van der Waals surface area contributed by atoms with Crippen molar-refractivity contribution in [3.05, 3.63) is 23.3 Å². The Labute approximate surface area is 98.8 Å². The van der Waals surface area contributed by atoms with E-state index >= 15 is 0 Å². The van der Waals surface area contributed by atoms with E-state index in [1.165, 1.54) is 7.11 Å². The van der Waals surface area contributed by atoms with Gasteiger partial charge in [-0.15, -0.1) is 0 Å². The van der Waals surface area contributed by atoms with Crippen LogP contribution in [0.4, 0.5) is 5.69 Å². The van der Waals surface area contributed by atoms with E-state index in [0.717, 1.165) is 5.56 Å². The molecule has 0 saturated heterocycles. The van der Waals surface area contributed by atoms with E-state index in [-0.39, 0.29) is 5.11 Å². The largest absolute Gasteiger partial charge is 0.495 e. The monoisotopic (exact) mass is 239 g/mol. The highest BCUT2D eigenvalue weighted by Gasteiger charge is 2.11. The summed E-state index contributed by atoms with van der Waals surface area (Å²) < 4.78 is 5.13. The zero-order valence-electron chi connectivity index (χ0n) is 9.03.